The van der Waals surface area contributed by atoms with E-state index in [1.807, 2.05) is 46.0 Å². The van der Waals surface area contributed by atoms with Gasteiger partial charge in [-0.1, -0.05) is 18.2 Å². The molecule has 2 aromatic heterocycles. The molecule has 0 saturated heterocycles. The van der Waals surface area contributed by atoms with Gasteiger partial charge >= 0.3 is 0 Å². The number of amides is 1. The fraction of sp³-hybridized carbons (Fsp3) is 0.278. The van der Waals surface area contributed by atoms with E-state index in [9.17, 15) is 4.79 Å². The molecule has 1 unspecified atom stereocenters. The van der Waals surface area contributed by atoms with E-state index in [1.165, 1.54) is 0 Å². The lowest BCUT2D eigenvalue weighted by atomic mass is 10.1. The van der Waals surface area contributed by atoms with E-state index in [2.05, 4.69) is 10.1 Å². The highest BCUT2D eigenvalue weighted by Crippen LogP contribution is 2.23. The van der Waals surface area contributed by atoms with Gasteiger partial charge in [-0.05, 0) is 18.2 Å². The molecule has 1 aliphatic heterocycles. The molecule has 1 atom stereocenters. The summed E-state index contributed by atoms with van der Waals surface area (Å²) in [6.07, 6.45) is 3.42. The quantitative estimate of drug-likeness (QED) is 0.742. The predicted molar refractivity (Wildman–Crippen MR) is 89.6 cm³/mol. The Bertz CT molecular complexity index is 889. The minimum absolute atomic E-state index is 0.0122. The van der Waals surface area contributed by atoms with Crippen LogP contribution in [0.4, 0.5) is 0 Å². The van der Waals surface area contributed by atoms with Crippen LogP contribution in [0.2, 0.25) is 0 Å². The van der Waals surface area contributed by atoms with Crippen LogP contribution in [0, 0.1) is 0 Å². The summed E-state index contributed by atoms with van der Waals surface area (Å²) in [7, 11) is 1.66. The Morgan fingerprint density at radius 1 is 1.33 bits per heavy atom. The molecule has 0 N–H and O–H groups in total. The highest BCUT2D eigenvalue weighted by atomic mass is 16.5. The number of para-hydroxylation sites is 1. The highest BCUT2D eigenvalue weighted by molar-refractivity contribution is 5.97. The van der Waals surface area contributed by atoms with Crippen molar-refractivity contribution < 1.29 is 9.53 Å². The minimum atomic E-state index is -0.0122. The van der Waals surface area contributed by atoms with Crippen molar-refractivity contribution in [2.75, 3.05) is 20.3 Å². The molecule has 0 bridgehead atoms. The molecule has 24 heavy (non-hydrogen) atoms. The standard InChI is InChI=1S/C18H18N4O2/c1-24-12-16-11-21(10-15-6-7-20-22(15)16)18(23)14-8-13-4-2-3-5-17(13)19-9-14/h2-9,16H,10-12H2,1H3. The first-order valence-electron chi connectivity index (χ1n) is 7.91. The maximum absolute atomic E-state index is 12.9. The maximum atomic E-state index is 12.9. The Morgan fingerprint density at radius 2 is 2.21 bits per heavy atom. The molecule has 122 valence electrons. The second-order valence-electron chi connectivity index (χ2n) is 5.98. The molecule has 1 aliphatic rings. The SMILES string of the molecule is COCC1CN(C(=O)c2cnc3ccccc3c2)Cc2ccnn21. The van der Waals surface area contributed by atoms with Gasteiger partial charge in [-0.2, -0.15) is 5.10 Å². The summed E-state index contributed by atoms with van der Waals surface area (Å²) in [5.41, 5.74) is 2.52. The fourth-order valence-electron chi connectivity index (χ4n) is 3.23. The van der Waals surface area contributed by atoms with E-state index >= 15 is 0 Å². The number of nitrogens with zero attached hydrogens (tertiary/aromatic N) is 4. The first-order chi connectivity index (χ1) is 11.8. The molecule has 1 aromatic carbocycles. The van der Waals surface area contributed by atoms with E-state index in [0.29, 0.717) is 25.3 Å². The summed E-state index contributed by atoms with van der Waals surface area (Å²) in [6.45, 7) is 1.65. The molecule has 0 radical (unpaired) electrons. The van der Waals surface area contributed by atoms with Crippen LogP contribution >= 0.6 is 0 Å². The van der Waals surface area contributed by atoms with Crippen LogP contribution in [0.15, 0.2) is 48.8 Å². The van der Waals surface area contributed by atoms with Gasteiger partial charge in [-0.3, -0.25) is 14.5 Å². The molecule has 6 nitrogen and oxygen atoms in total. The number of pyridine rings is 1. The van der Waals surface area contributed by atoms with Crippen LogP contribution in [0.25, 0.3) is 10.9 Å². The first-order valence-corrected chi connectivity index (χ1v) is 7.91. The number of hydrogen-bond donors (Lipinski definition) is 0. The lowest BCUT2D eigenvalue weighted by Gasteiger charge is -2.33. The number of methoxy groups -OCH3 is 1. The zero-order valence-electron chi connectivity index (χ0n) is 13.4. The Morgan fingerprint density at radius 3 is 3.08 bits per heavy atom. The third-order valence-electron chi connectivity index (χ3n) is 4.37. The zero-order chi connectivity index (χ0) is 16.5. The number of benzene rings is 1. The minimum Gasteiger partial charge on any atom is -0.382 e. The summed E-state index contributed by atoms with van der Waals surface area (Å²) in [5.74, 6) is -0.0122. The van der Waals surface area contributed by atoms with Crippen molar-refractivity contribution in [3.8, 4) is 0 Å². The normalized spacial score (nSPS) is 17.0. The molecule has 3 aromatic rings. The summed E-state index contributed by atoms with van der Waals surface area (Å²) < 4.78 is 7.24. The first kappa shape index (κ1) is 14.8. The van der Waals surface area contributed by atoms with Gasteiger partial charge in [0.15, 0.2) is 0 Å². The second kappa shape index (κ2) is 6.05. The van der Waals surface area contributed by atoms with Gasteiger partial charge < -0.3 is 9.64 Å². The number of rotatable bonds is 3. The van der Waals surface area contributed by atoms with Gasteiger partial charge in [0, 0.05) is 31.4 Å². The number of carbonyl (C=O) groups is 1. The lowest BCUT2D eigenvalue weighted by Crippen LogP contribution is -2.42. The molecule has 0 spiro atoms. The largest absolute Gasteiger partial charge is 0.382 e. The molecule has 0 aliphatic carbocycles. The summed E-state index contributed by atoms with van der Waals surface area (Å²) in [6, 6.07) is 11.7. The molecule has 4 rings (SSSR count). The van der Waals surface area contributed by atoms with Crippen molar-refractivity contribution in [2.24, 2.45) is 0 Å². The summed E-state index contributed by atoms with van der Waals surface area (Å²) >= 11 is 0. The van der Waals surface area contributed by atoms with Crippen molar-refractivity contribution >= 4 is 16.8 Å². The Balaban J connectivity index is 1.64. The number of carbonyl (C=O) groups excluding carboxylic acids is 1. The van der Waals surface area contributed by atoms with Crippen LogP contribution in [0.3, 0.4) is 0 Å². The highest BCUT2D eigenvalue weighted by Gasteiger charge is 2.29. The third kappa shape index (κ3) is 2.55. The van der Waals surface area contributed by atoms with Gasteiger partial charge in [0.25, 0.3) is 5.91 Å². The van der Waals surface area contributed by atoms with E-state index < -0.39 is 0 Å². The lowest BCUT2D eigenvalue weighted by molar-refractivity contribution is 0.0578. The van der Waals surface area contributed by atoms with Gasteiger partial charge in [0.1, 0.15) is 0 Å². The van der Waals surface area contributed by atoms with Crippen molar-refractivity contribution in [3.05, 3.63) is 60.0 Å². The van der Waals surface area contributed by atoms with Gasteiger partial charge in [0.2, 0.25) is 0 Å². The Labute approximate surface area is 139 Å². The van der Waals surface area contributed by atoms with E-state index in [-0.39, 0.29) is 11.9 Å². The molecule has 0 fully saturated rings. The van der Waals surface area contributed by atoms with Crippen LogP contribution in [0.5, 0.6) is 0 Å². The van der Waals surface area contributed by atoms with Crippen molar-refractivity contribution in [2.45, 2.75) is 12.6 Å². The number of aromatic nitrogens is 3. The number of fused-ring (bicyclic) bond motifs is 2. The van der Waals surface area contributed by atoms with Crippen molar-refractivity contribution in [3.63, 3.8) is 0 Å². The Hall–Kier alpha value is -2.73. The number of ether oxygens (including phenoxy) is 1. The van der Waals surface area contributed by atoms with Crippen molar-refractivity contribution in [1.82, 2.24) is 19.7 Å². The zero-order valence-corrected chi connectivity index (χ0v) is 13.4. The molecule has 1 amide bonds. The van der Waals surface area contributed by atoms with E-state index in [1.54, 1.807) is 19.5 Å². The van der Waals surface area contributed by atoms with Gasteiger partial charge in [-0.25, -0.2) is 0 Å². The van der Waals surface area contributed by atoms with Crippen LogP contribution in [0.1, 0.15) is 22.1 Å². The fourth-order valence-corrected chi connectivity index (χ4v) is 3.23. The van der Waals surface area contributed by atoms with Crippen LogP contribution in [-0.2, 0) is 11.3 Å². The molecular formula is C18H18N4O2. The smallest absolute Gasteiger partial charge is 0.255 e. The van der Waals surface area contributed by atoms with Crippen LogP contribution < -0.4 is 0 Å². The predicted octanol–water partition coefficient (Wildman–Crippen LogP) is 2.27. The monoisotopic (exact) mass is 322 g/mol. The summed E-state index contributed by atoms with van der Waals surface area (Å²) in [4.78, 5) is 19.2. The molecule has 6 heteroatoms. The van der Waals surface area contributed by atoms with E-state index in [0.717, 1.165) is 16.6 Å². The van der Waals surface area contributed by atoms with Crippen LogP contribution in [-0.4, -0.2) is 45.8 Å². The Kier molecular flexibility index (Phi) is 3.74. The van der Waals surface area contributed by atoms with Gasteiger partial charge in [0.05, 0.1) is 36.0 Å². The van der Waals surface area contributed by atoms with E-state index in [4.69, 9.17) is 4.74 Å². The third-order valence-corrected chi connectivity index (χ3v) is 4.37. The maximum Gasteiger partial charge on any atom is 0.255 e. The average molecular weight is 322 g/mol. The topological polar surface area (TPSA) is 60.2 Å². The second-order valence-corrected chi connectivity index (χ2v) is 5.98. The molecule has 0 saturated carbocycles. The number of hydrogen-bond acceptors (Lipinski definition) is 4. The molecular weight excluding hydrogens is 304 g/mol. The molecule has 3 heterocycles. The summed E-state index contributed by atoms with van der Waals surface area (Å²) in [5, 5.41) is 5.32. The average Bonchev–Trinajstić information content (AvgIpc) is 3.10. The van der Waals surface area contributed by atoms with Crippen molar-refractivity contribution in [1.29, 1.82) is 0 Å². The van der Waals surface area contributed by atoms with Gasteiger partial charge in [-0.15, -0.1) is 0 Å².